The van der Waals surface area contributed by atoms with Crippen molar-refractivity contribution < 1.29 is 37.1 Å². The quantitative estimate of drug-likeness (QED) is 0.366. The van der Waals surface area contributed by atoms with Crippen molar-refractivity contribution in [1.29, 1.82) is 0 Å². The molecule has 20 heavy (non-hydrogen) atoms. The Morgan fingerprint density at radius 3 is 1.75 bits per heavy atom. The smallest absolute Gasteiger partial charge is 0.382 e. The first-order valence-electron chi connectivity index (χ1n) is 6.53. The Morgan fingerprint density at radius 2 is 1.25 bits per heavy atom. The summed E-state index contributed by atoms with van der Waals surface area (Å²) in [6.45, 7) is 4.19. The monoisotopic (exact) mass is 314 g/mol. The molecule has 0 spiro atoms. The van der Waals surface area contributed by atoms with E-state index in [1.165, 1.54) is 0 Å². The van der Waals surface area contributed by atoms with Crippen LogP contribution in [0.4, 0.5) is 0 Å². The molecule has 0 atom stereocenters. The predicted molar refractivity (Wildman–Crippen MR) is 69.8 cm³/mol. The molecule has 1 fully saturated rings. The first-order chi connectivity index (χ1) is 9.77. The largest absolute Gasteiger partial charge is 0.475 e. The summed E-state index contributed by atoms with van der Waals surface area (Å²) >= 11 is 0. The van der Waals surface area contributed by atoms with Crippen LogP contribution in [0, 0.1) is 0 Å². The van der Waals surface area contributed by atoms with Crippen LogP contribution in [0.2, 0.25) is 0 Å². The lowest BCUT2D eigenvalue weighted by molar-refractivity contribution is -0.00105. The molecule has 120 valence electrons. The number of phosphoric ester groups is 1. The van der Waals surface area contributed by atoms with E-state index in [1.807, 2.05) is 0 Å². The third-order valence-corrected chi connectivity index (χ3v) is 3.73. The van der Waals surface area contributed by atoms with E-state index in [0.29, 0.717) is 59.5 Å². The van der Waals surface area contributed by atoms with Crippen LogP contribution in [0.5, 0.6) is 0 Å². The Labute approximate surface area is 119 Å². The van der Waals surface area contributed by atoms with Gasteiger partial charge in [-0.3, -0.25) is 13.6 Å². The topological polar surface area (TPSA) is 81.7 Å². The fourth-order valence-electron chi connectivity index (χ4n) is 1.30. The Hall–Kier alpha value is -0.0500. The lowest BCUT2D eigenvalue weighted by atomic mass is 10.7. The second-order valence-electron chi connectivity index (χ2n) is 3.78. The molecule has 1 saturated heterocycles. The van der Waals surface area contributed by atoms with Gasteiger partial charge in [-0.15, -0.1) is 0 Å². The SMILES string of the molecule is COCCOCCOCCOCCOP1(=O)OCCO1. The molecular formula is C11H23O8P. The van der Waals surface area contributed by atoms with E-state index in [0.717, 1.165) is 0 Å². The number of ether oxygens (including phenoxy) is 4. The minimum absolute atomic E-state index is 0.164. The van der Waals surface area contributed by atoms with E-state index >= 15 is 0 Å². The van der Waals surface area contributed by atoms with Crippen molar-refractivity contribution in [3.63, 3.8) is 0 Å². The first-order valence-corrected chi connectivity index (χ1v) is 7.99. The van der Waals surface area contributed by atoms with Crippen molar-refractivity contribution in [3.05, 3.63) is 0 Å². The van der Waals surface area contributed by atoms with Gasteiger partial charge in [-0.25, -0.2) is 4.57 Å². The van der Waals surface area contributed by atoms with Gasteiger partial charge in [0.15, 0.2) is 0 Å². The first kappa shape index (κ1) is 18.0. The van der Waals surface area contributed by atoms with Crippen molar-refractivity contribution in [2.24, 2.45) is 0 Å². The minimum atomic E-state index is -3.29. The number of hydrogen-bond acceptors (Lipinski definition) is 8. The van der Waals surface area contributed by atoms with Crippen molar-refractivity contribution >= 4 is 7.82 Å². The summed E-state index contributed by atoms with van der Waals surface area (Å²) in [6, 6.07) is 0. The number of hydrogen-bond donors (Lipinski definition) is 0. The van der Waals surface area contributed by atoms with Gasteiger partial charge in [-0.2, -0.15) is 0 Å². The fraction of sp³-hybridized carbons (Fsp3) is 1.00. The molecule has 0 bridgehead atoms. The van der Waals surface area contributed by atoms with Crippen LogP contribution in [0.3, 0.4) is 0 Å². The standard InChI is InChI=1S/C11H23O8P/c1-13-2-3-14-4-5-15-6-7-16-8-9-17-20(12)18-10-11-19-20/h2-11H2,1H3. The van der Waals surface area contributed by atoms with Crippen molar-refractivity contribution in [2.75, 3.05) is 73.2 Å². The van der Waals surface area contributed by atoms with Crippen LogP contribution in [-0.4, -0.2) is 73.2 Å². The second kappa shape index (κ2) is 11.6. The molecule has 1 aliphatic rings. The van der Waals surface area contributed by atoms with Crippen LogP contribution in [-0.2, 0) is 37.1 Å². The molecule has 1 rings (SSSR count). The van der Waals surface area contributed by atoms with Crippen molar-refractivity contribution in [2.45, 2.75) is 0 Å². The highest BCUT2D eigenvalue weighted by Gasteiger charge is 2.31. The Kier molecular flexibility index (Phi) is 10.4. The maximum absolute atomic E-state index is 11.5. The van der Waals surface area contributed by atoms with Crippen molar-refractivity contribution in [1.82, 2.24) is 0 Å². The fourth-order valence-corrected chi connectivity index (χ4v) is 2.42. The van der Waals surface area contributed by atoms with Crippen LogP contribution in [0.25, 0.3) is 0 Å². The Morgan fingerprint density at radius 1 is 0.800 bits per heavy atom. The molecule has 0 aromatic heterocycles. The summed E-state index contributed by atoms with van der Waals surface area (Å²) in [5.41, 5.74) is 0. The second-order valence-corrected chi connectivity index (χ2v) is 5.45. The third kappa shape index (κ3) is 8.99. The maximum atomic E-state index is 11.5. The number of phosphoric acid groups is 1. The van der Waals surface area contributed by atoms with Crippen LogP contribution in [0.1, 0.15) is 0 Å². The summed E-state index contributed by atoms with van der Waals surface area (Å²) in [4.78, 5) is 0. The molecule has 0 saturated carbocycles. The summed E-state index contributed by atoms with van der Waals surface area (Å²) in [7, 11) is -1.66. The molecule has 9 heteroatoms. The minimum Gasteiger partial charge on any atom is -0.382 e. The molecule has 0 unspecified atom stereocenters. The van der Waals surface area contributed by atoms with Gasteiger partial charge in [0.05, 0.1) is 66.1 Å². The number of rotatable bonds is 13. The molecular weight excluding hydrogens is 291 g/mol. The van der Waals surface area contributed by atoms with Crippen LogP contribution in [0.15, 0.2) is 0 Å². The Balaban J connectivity index is 1.75. The zero-order chi connectivity index (χ0) is 14.5. The van der Waals surface area contributed by atoms with Gasteiger partial charge in [-0.1, -0.05) is 0 Å². The van der Waals surface area contributed by atoms with Crippen LogP contribution >= 0.6 is 7.82 Å². The predicted octanol–water partition coefficient (Wildman–Crippen LogP) is 0.854. The van der Waals surface area contributed by atoms with E-state index in [-0.39, 0.29) is 6.61 Å². The van der Waals surface area contributed by atoms with Gasteiger partial charge in [0.1, 0.15) is 0 Å². The zero-order valence-corrected chi connectivity index (χ0v) is 12.7. The van der Waals surface area contributed by atoms with E-state index in [4.69, 9.17) is 32.5 Å². The summed E-state index contributed by atoms with van der Waals surface area (Å²) in [5.74, 6) is 0. The molecule has 1 heterocycles. The lowest BCUT2D eigenvalue weighted by Gasteiger charge is -2.10. The van der Waals surface area contributed by atoms with Gasteiger partial charge in [0.2, 0.25) is 0 Å². The van der Waals surface area contributed by atoms with E-state index in [2.05, 4.69) is 0 Å². The van der Waals surface area contributed by atoms with Crippen LogP contribution < -0.4 is 0 Å². The summed E-state index contributed by atoms with van der Waals surface area (Å²) < 4.78 is 46.8. The van der Waals surface area contributed by atoms with Gasteiger partial charge in [-0.05, 0) is 0 Å². The lowest BCUT2D eigenvalue weighted by Crippen LogP contribution is -2.12. The molecule has 0 amide bonds. The third-order valence-electron chi connectivity index (χ3n) is 2.24. The molecule has 0 aromatic rings. The molecule has 0 N–H and O–H groups in total. The summed E-state index contributed by atoms with van der Waals surface area (Å²) in [6.07, 6.45) is 0. The molecule has 0 radical (unpaired) electrons. The van der Waals surface area contributed by atoms with Gasteiger partial charge in [0, 0.05) is 7.11 Å². The van der Waals surface area contributed by atoms with E-state index in [1.54, 1.807) is 7.11 Å². The Bertz CT molecular complexity index is 265. The van der Waals surface area contributed by atoms with E-state index in [9.17, 15) is 4.57 Å². The zero-order valence-electron chi connectivity index (χ0n) is 11.8. The average molecular weight is 314 g/mol. The normalized spacial score (nSPS) is 17.6. The molecule has 8 nitrogen and oxygen atoms in total. The molecule has 0 aliphatic carbocycles. The van der Waals surface area contributed by atoms with Gasteiger partial charge < -0.3 is 18.9 Å². The molecule has 1 aliphatic heterocycles. The number of methoxy groups -OCH3 is 1. The highest BCUT2D eigenvalue weighted by Crippen LogP contribution is 2.52. The van der Waals surface area contributed by atoms with E-state index < -0.39 is 7.82 Å². The summed E-state index contributed by atoms with van der Waals surface area (Å²) in [5, 5.41) is 0. The van der Waals surface area contributed by atoms with Gasteiger partial charge >= 0.3 is 7.82 Å². The maximum Gasteiger partial charge on any atom is 0.475 e. The highest BCUT2D eigenvalue weighted by molar-refractivity contribution is 7.48. The average Bonchev–Trinajstić information content (AvgIpc) is 2.87. The van der Waals surface area contributed by atoms with Gasteiger partial charge in [0.25, 0.3) is 0 Å². The molecule has 0 aromatic carbocycles. The van der Waals surface area contributed by atoms with Crippen molar-refractivity contribution in [3.8, 4) is 0 Å². The highest BCUT2D eigenvalue weighted by atomic mass is 31.2.